The average molecular weight is 423 g/mol. The van der Waals surface area contributed by atoms with Crippen LogP contribution in [-0.4, -0.2) is 42.5 Å². The van der Waals surface area contributed by atoms with Crippen molar-refractivity contribution in [1.29, 1.82) is 0 Å². The Morgan fingerprint density at radius 2 is 1.90 bits per heavy atom. The summed E-state index contributed by atoms with van der Waals surface area (Å²) in [5.41, 5.74) is 3.16. The Hall–Kier alpha value is -2.61. The summed E-state index contributed by atoms with van der Waals surface area (Å²) >= 11 is 0. The number of fused-ring (bicyclic) bond motifs is 2. The molecule has 0 unspecified atom stereocenters. The molecule has 1 aliphatic heterocycles. The molecule has 0 aliphatic carbocycles. The molecule has 5 rings (SSSR count). The molecule has 0 bridgehead atoms. The van der Waals surface area contributed by atoms with Gasteiger partial charge in [0.2, 0.25) is 10.0 Å². The van der Waals surface area contributed by atoms with Gasteiger partial charge < -0.3 is 9.55 Å². The van der Waals surface area contributed by atoms with E-state index in [0.717, 1.165) is 42.4 Å². The van der Waals surface area contributed by atoms with Gasteiger partial charge in [0.15, 0.2) is 0 Å². The van der Waals surface area contributed by atoms with E-state index in [2.05, 4.69) is 37.5 Å². The minimum atomic E-state index is -3.61. The number of sulfonamides is 1. The van der Waals surface area contributed by atoms with Crippen molar-refractivity contribution in [2.75, 3.05) is 19.6 Å². The molecular weight excluding hydrogens is 396 g/mol. The number of H-pyrrole nitrogens is 1. The number of rotatable bonds is 6. The molecule has 0 radical (unpaired) electrons. The number of hydrogen-bond acceptors (Lipinski definition) is 3. The van der Waals surface area contributed by atoms with Gasteiger partial charge in [-0.15, -0.1) is 0 Å². The van der Waals surface area contributed by atoms with E-state index in [-0.39, 0.29) is 10.9 Å². The van der Waals surface area contributed by atoms with Gasteiger partial charge in [-0.3, -0.25) is 4.90 Å². The summed E-state index contributed by atoms with van der Waals surface area (Å²) in [7, 11) is -1.57. The van der Waals surface area contributed by atoms with E-state index in [9.17, 15) is 8.42 Å². The van der Waals surface area contributed by atoms with Gasteiger partial charge in [0, 0.05) is 42.4 Å². The minimum Gasteiger partial charge on any atom is -0.361 e. The van der Waals surface area contributed by atoms with Crippen LogP contribution in [0.4, 0.5) is 0 Å². The summed E-state index contributed by atoms with van der Waals surface area (Å²) in [4.78, 5) is 5.78. The number of likely N-dealkylation sites (tertiary alicyclic amines) is 1. The van der Waals surface area contributed by atoms with Crippen molar-refractivity contribution in [3.05, 3.63) is 66.5 Å². The van der Waals surface area contributed by atoms with E-state index in [1.165, 1.54) is 10.9 Å². The molecule has 156 valence electrons. The second-order valence-electron chi connectivity index (χ2n) is 8.05. The number of aromatic nitrogens is 2. The van der Waals surface area contributed by atoms with Crippen molar-refractivity contribution in [2.24, 2.45) is 7.05 Å². The molecule has 1 fully saturated rings. The lowest BCUT2D eigenvalue weighted by molar-refractivity contribution is 0.247. The monoisotopic (exact) mass is 422 g/mol. The molecule has 1 aliphatic rings. The first-order valence-electron chi connectivity index (χ1n) is 10.4. The number of para-hydroxylation sites is 1. The first-order valence-corrected chi connectivity index (χ1v) is 11.9. The van der Waals surface area contributed by atoms with Gasteiger partial charge >= 0.3 is 0 Å². The number of nitrogens with zero attached hydrogens (tertiary/aromatic N) is 2. The lowest BCUT2D eigenvalue weighted by Crippen LogP contribution is -2.36. The fourth-order valence-electron chi connectivity index (χ4n) is 4.59. The van der Waals surface area contributed by atoms with Crippen molar-refractivity contribution in [3.63, 3.8) is 0 Å². The van der Waals surface area contributed by atoms with Gasteiger partial charge in [-0.1, -0.05) is 24.3 Å². The van der Waals surface area contributed by atoms with Crippen molar-refractivity contribution in [2.45, 2.75) is 23.8 Å². The Morgan fingerprint density at radius 3 is 2.73 bits per heavy atom. The molecular formula is C23H26N4O2S. The second kappa shape index (κ2) is 7.58. The van der Waals surface area contributed by atoms with Gasteiger partial charge in [-0.2, -0.15) is 0 Å². The molecule has 7 heteroatoms. The maximum Gasteiger partial charge on any atom is 0.240 e. The highest BCUT2D eigenvalue weighted by Gasteiger charge is 2.28. The van der Waals surface area contributed by atoms with E-state index in [1.807, 2.05) is 37.5 Å². The Labute approximate surface area is 176 Å². The average Bonchev–Trinajstić information content (AvgIpc) is 3.49. The number of aryl methyl sites for hydroxylation is 1. The third kappa shape index (κ3) is 3.43. The van der Waals surface area contributed by atoms with Crippen LogP contribution in [-0.2, 0) is 17.1 Å². The molecule has 30 heavy (non-hydrogen) atoms. The molecule has 2 aromatic carbocycles. The van der Waals surface area contributed by atoms with E-state index in [4.69, 9.17) is 0 Å². The maximum atomic E-state index is 13.1. The normalized spacial score (nSPS) is 16.6. The molecule has 3 heterocycles. The van der Waals surface area contributed by atoms with Gasteiger partial charge in [0.25, 0.3) is 0 Å². The third-order valence-corrected chi connectivity index (χ3v) is 7.59. The number of nitrogens with one attached hydrogen (secondary N) is 2. The third-order valence-electron chi connectivity index (χ3n) is 6.17. The zero-order valence-electron chi connectivity index (χ0n) is 17.0. The minimum absolute atomic E-state index is 0.00240. The topological polar surface area (TPSA) is 70.1 Å². The Kier molecular flexibility index (Phi) is 4.89. The highest BCUT2D eigenvalue weighted by Crippen LogP contribution is 2.32. The van der Waals surface area contributed by atoms with Crippen molar-refractivity contribution >= 4 is 31.8 Å². The van der Waals surface area contributed by atoms with Crippen molar-refractivity contribution in [1.82, 2.24) is 19.2 Å². The summed E-state index contributed by atoms with van der Waals surface area (Å²) in [6.45, 7) is 2.33. The fraction of sp³-hybridized carbons (Fsp3) is 0.304. The Bertz CT molecular complexity index is 1300. The molecule has 6 nitrogen and oxygen atoms in total. The van der Waals surface area contributed by atoms with Crippen LogP contribution in [0, 0.1) is 0 Å². The van der Waals surface area contributed by atoms with Crippen LogP contribution in [0.1, 0.15) is 24.4 Å². The molecule has 2 N–H and O–H groups in total. The Morgan fingerprint density at radius 1 is 1.10 bits per heavy atom. The summed E-state index contributed by atoms with van der Waals surface area (Å²) in [6.07, 6.45) is 6.26. The van der Waals surface area contributed by atoms with Crippen LogP contribution < -0.4 is 4.72 Å². The highest BCUT2D eigenvalue weighted by molar-refractivity contribution is 7.89. The standard InChI is InChI=1S/C23H26N4O2S/c1-26-16-20(19-6-2-3-7-22(19)26)23(27-12-4-5-13-27)15-25-30(28,29)18-9-8-17-10-11-24-21(17)14-18/h2-3,6-11,14,16,23-25H,4-5,12-13,15H2,1H3/t23-/m0/s1. The SMILES string of the molecule is Cn1cc([C@H](CNS(=O)(=O)c2ccc3cc[nH]c3c2)N2CCCC2)c2ccccc21. The van der Waals surface area contributed by atoms with E-state index in [1.54, 1.807) is 12.1 Å². The summed E-state index contributed by atoms with van der Waals surface area (Å²) in [6, 6.07) is 15.5. The van der Waals surface area contributed by atoms with Gasteiger partial charge in [0.1, 0.15) is 0 Å². The summed E-state index contributed by atoms with van der Waals surface area (Å²) < 4.78 is 31.2. The largest absolute Gasteiger partial charge is 0.361 e. The van der Waals surface area contributed by atoms with Gasteiger partial charge in [-0.25, -0.2) is 13.1 Å². The fourth-order valence-corrected chi connectivity index (χ4v) is 5.66. The lowest BCUT2D eigenvalue weighted by Gasteiger charge is -2.27. The molecule has 0 amide bonds. The van der Waals surface area contributed by atoms with Gasteiger partial charge in [-0.05, 0) is 61.1 Å². The summed E-state index contributed by atoms with van der Waals surface area (Å²) in [5.74, 6) is 0. The zero-order valence-corrected chi connectivity index (χ0v) is 17.8. The highest BCUT2D eigenvalue weighted by atomic mass is 32.2. The van der Waals surface area contributed by atoms with E-state index in [0.29, 0.717) is 6.54 Å². The molecule has 0 spiro atoms. The van der Waals surface area contributed by atoms with Crippen molar-refractivity contribution in [3.8, 4) is 0 Å². The van der Waals surface area contributed by atoms with Crippen molar-refractivity contribution < 1.29 is 8.42 Å². The Balaban J connectivity index is 1.46. The van der Waals surface area contributed by atoms with E-state index < -0.39 is 10.0 Å². The molecule has 2 aromatic heterocycles. The smallest absolute Gasteiger partial charge is 0.240 e. The quantitative estimate of drug-likeness (QED) is 0.497. The number of hydrogen-bond donors (Lipinski definition) is 2. The maximum absolute atomic E-state index is 13.1. The van der Waals surface area contributed by atoms with Crippen LogP contribution in [0.3, 0.4) is 0 Å². The van der Waals surface area contributed by atoms with Crippen LogP contribution in [0.5, 0.6) is 0 Å². The van der Waals surface area contributed by atoms with Gasteiger partial charge in [0.05, 0.1) is 10.9 Å². The number of aromatic amines is 1. The molecule has 0 saturated carbocycles. The van der Waals surface area contributed by atoms with Crippen LogP contribution in [0.15, 0.2) is 65.8 Å². The lowest BCUT2D eigenvalue weighted by atomic mass is 10.0. The number of benzene rings is 2. The zero-order chi connectivity index (χ0) is 20.7. The molecule has 4 aromatic rings. The van der Waals surface area contributed by atoms with E-state index >= 15 is 0 Å². The molecule has 1 atom stereocenters. The van der Waals surface area contributed by atoms with Crippen LogP contribution in [0.2, 0.25) is 0 Å². The first-order chi connectivity index (χ1) is 14.5. The van der Waals surface area contributed by atoms with Crippen LogP contribution in [0.25, 0.3) is 21.8 Å². The summed E-state index contributed by atoms with van der Waals surface area (Å²) in [5, 5.41) is 2.18. The van der Waals surface area contributed by atoms with Crippen LogP contribution >= 0.6 is 0 Å². The first kappa shape index (κ1) is 19.4. The molecule has 1 saturated heterocycles. The predicted molar refractivity (Wildman–Crippen MR) is 120 cm³/mol. The predicted octanol–water partition coefficient (Wildman–Crippen LogP) is 3.78. The second-order valence-corrected chi connectivity index (χ2v) is 9.82.